The summed E-state index contributed by atoms with van der Waals surface area (Å²) in [5, 5.41) is 2.55. The van der Waals surface area contributed by atoms with Crippen LogP contribution in [-0.2, 0) is 14.8 Å². The number of amides is 1. The predicted octanol–water partition coefficient (Wildman–Crippen LogP) is 1.41. The molecule has 2 heterocycles. The summed E-state index contributed by atoms with van der Waals surface area (Å²) in [6.07, 6.45) is 6.27. The van der Waals surface area contributed by atoms with E-state index in [1.54, 1.807) is 12.1 Å². The Morgan fingerprint density at radius 2 is 2.35 bits per heavy atom. The van der Waals surface area contributed by atoms with Gasteiger partial charge in [-0.05, 0) is 40.9 Å². The van der Waals surface area contributed by atoms with Crippen molar-refractivity contribution >= 4 is 43.2 Å². The fourth-order valence-corrected chi connectivity index (χ4v) is 5.89. The Kier molecular flexibility index (Phi) is 4.86. The number of halogens is 1. The number of nitrogens with zero attached hydrogens (tertiary/aromatic N) is 1. The molecule has 1 amide bonds. The van der Waals surface area contributed by atoms with Gasteiger partial charge in [-0.1, -0.05) is 5.92 Å². The molecular formula is C12H13BrN2O3S2. The topological polar surface area (TPSA) is 66.5 Å². The van der Waals surface area contributed by atoms with Gasteiger partial charge < -0.3 is 5.32 Å². The third-order valence-electron chi connectivity index (χ3n) is 2.98. The minimum Gasteiger partial charge on any atom is -0.344 e. The zero-order valence-corrected chi connectivity index (χ0v) is 13.7. The molecule has 1 fully saturated rings. The molecule has 0 saturated carbocycles. The standard InChI is InChI=1S/C12H13BrN2O3S2/c1-2-7-14-12(16)9-4-3-8-15(9)20(17,18)11-6-5-10(13)19-11/h1,5-6,9H,3-4,7-8H2,(H,14,16). The first-order valence-corrected chi connectivity index (χ1v) is 9.00. The van der Waals surface area contributed by atoms with E-state index >= 15 is 0 Å². The van der Waals surface area contributed by atoms with Crippen LogP contribution in [0.15, 0.2) is 20.1 Å². The van der Waals surface area contributed by atoms with E-state index in [0.29, 0.717) is 19.4 Å². The van der Waals surface area contributed by atoms with Crippen LogP contribution in [0.1, 0.15) is 12.8 Å². The number of nitrogens with one attached hydrogen (secondary N) is 1. The van der Waals surface area contributed by atoms with Gasteiger partial charge in [-0.15, -0.1) is 17.8 Å². The first-order chi connectivity index (χ1) is 9.46. The Labute approximate surface area is 130 Å². The van der Waals surface area contributed by atoms with Gasteiger partial charge in [0.25, 0.3) is 10.0 Å². The van der Waals surface area contributed by atoms with Crippen LogP contribution >= 0.6 is 27.3 Å². The summed E-state index contributed by atoms with van der Waals surface area (Å²) >= 11 is 4.38. The Balaban J connectivity index is 2.22. The van der Waals surface area contributed by atoms with E-state index in [1.165, 1.54) is 4.31 Å². The van der Waals surface area contributed by atoms with Crippen molar-refractivity contribution in [2.75, 3.05) is 13.1 Å². The van der Waals surface area contributed by atoms with Gasteiger partial charge in [0.15, 0.2) is 0 Å². The zero-order valence-electron chi connectivity index (χ0n) is 10.5. The SMILES string of the molecule is C#CCNC(=O)C1CCCN1S(=O)(=O)c1ccc(Br)s1. The second kappa shape index (κ2) is 6.26. The van der Waals surface area contributed by atoms with Crippen molar-refractivity contribution < 1.29 is 13.2 Å². The molecule has 108 valence electrons. The molecule has 0 aromatic carbocycles. The first-order valence-electron chi connectivity index (χ1n) is 5.95. The van der Waals surface area contributed by atoms with Crippen LogP contribution in [0.2, 0.25) is 0 Å². The number of hydrogen-bond donors (Lipinski definition) is 1. The molecule has 0 radical (unpaired) electrons. The largest absolute Gasteiger partial charge is 0.344 e. The monoisotopic (exact) mass is 376 g/mol. The highest BCUT2D eigenvalue weighted by atomic mass is 79.9. The van der Waals surface area contributed by atoms with Crippen molar-refractivity contribution in [3.63, 3.8) is 0 Å². The molecule has 0 spiro atoms. The Bertz CT molecular complexity index is 648. The maximum Gasteiger partial charge on any atom is 0.253 e. The van der Waals surface area contributed by atoms with Gasteiger partial charge in [-0.2, -0.15) is 4.31 Å². The Morgan fingerprint density at radius 1 is 1.60 bits per heavy atom. The summed E-state index contributed by atoms with van der Waals surface area (Å²) < 4.78 is 27.3. The maximum atomic E-state index is 12.5. The molecule has 1 saturated heterocycles. The first kappa shape index (κ1) is 15.5. The zero-order chi connectivity index (χ0) is 14.8. The average molecular weight is 377 g/mol. The average Bonchev–Trinajstić information content (AvgIpc) is 3.04. The van der Waals surface area contributed by atoms with Crippen molar-refractivity contribution in [1.29, 1.82) is 0 Å². The van der Waals surface area contributed by atoms with E-state index in [9.17, 15) is 13.2 Å². The summed E-state index contributed by atoms with van der Waals surface area (Å²) in [7, 11) is -3.63. The van der Waals surface area contributed by atoms with Crippen LogP contribution in [0.4, 0.5) is 0 Å². The molecule has 0 bridgehead atoms. The van der Waals surface area contributed by atoms with Gasteiger partial charge in [-0.25, -0.2) is 8.42 Å². The van der Waals surface area contributed by atoms with E-state index in [-0.39, 0.29) is 16.7 Å². The molecule has 1 unspecified atom stereocenters. The lowest BCUT2D eigenvalue weighted by Gasteiger charge is -2.22. The van der Waals surface area contributed by atoms with E-state index in [0.717, 1.165) is 15.1 Å². The quantitative estimate of drug-likeness (QED) is 0.807. The number of sulfonamides is 1. The third kappa shape index (κ3) is 3.06. The highest BCUT2D eigenvalue weighted by Gasteiger charge is 2.39. The molecule has 2 rings (SSSR count). The number of terminal acetylenes is 1. The van der Waals surface area contributed by atoms with Gasteiger partial charge in [0.05, 0.1) is 10.3 Å². The maximum absolute atomic E-state index is 12.5. The van der Waals surface area contributed by atoms with Crippen molar-refractivity contribution in [3.8, 4) is 12.3 Å². The second-order valence-corrected chi connectivity index (χ2v) is 8.83. The molecule has 1 N–H and O–H groups in total. The van der Waals surface area contributed by atoms with Gasteiger partial charge >= 0.3 is 0 Å². The number of carbonyl (C=O) groups excluding carboxylic acids is 1. The number of rotatable bonds is 4. The Morgan fingerprint density at radius 3 is 2.95 bits per heavy atom. The van der Waals surface area contributed by atoms with Crippen LogP contribution in [0, 0.1) is 12.3 Å². The lowest BCUT2D eigenvalue weighted by Crippen LogP contribution is -2.45. The van der Waals surface area contributed by atoms with Crippen LogP contribution in [0.3, 0.4) is 0 Å². The van der Waals surface area contributed by atoms with E-state index in [4.69, 9.17) is 6.42 Å². The minimum absolute atomic E-state index is 0.105. The number of hydrogen-bond acceptors (Lipinski definition) is 4. The van der Waals surface area contributed by atoms with E-state index in [2.05, 4.69) is 27.2 Å². The highest BCUT2D eigenvalue weighted by Crippen LogP contribution is 2.32. The smallest absolute Gasteiger partial charge is 0.253 e. The number of carbonyl (C=O) groups is 1. The summed E-state index contributed by atoms with van der Waals surface area (Å²) in [6, 6.07) is 2.55. The Hall–Kier alpha value is -0.880. The van der Waals surface area contributed by atoms with Gasteiger partial charge in [0.2, 0.25) is 5.91 Å². The molecule has 20 heavy (non-hydrogen) atoms. The molecule has 1 atom stereocenters. The minimum atomic E-state index is -3.63. The van der Waals surface area contributed by atoms with Crippen LogP contribution in [0.25, 0.3) is 0 Å². The lowest BCUT2D eigenvalue weighted by atomic mass is 10.2. The van der Waals surface area contributed by atoms with Crippen molar-refractivity contribution in [2.24, 2.45) is 0 Å². The van der Waals surface area contributed by atoms with Crippen LogP contribution in [-0.4, -0.2) is 37.8 Å². The fraction of sp³-hybridized carbons (Fsp3) is 0.417. The highest BCUT2D eigenvalue weighted by molar-refractivity contribution is 9.11. The fourth-order valence-electron chi connectivity index (χ4n) is 2.10. The normalized spacial score (nSPS) is 19.7. The second-order valence-electron chi connectivity index (χ2n) is 4.25. The summed E-state index contributed by atoms with van der Waals surface area (Å²) in [4.78, 5) is 12.0. The molecule has 5 nitrogen and oxygen atoms in total. The van der Waals surface area contributed by atoms with Crippen molar-refractivity contribution in [3.05, 3.63) is 15.9 Å². The van der Waals surface area contributed by atoms with E-state index in [1.807, 2.05) is 0 Å². The van der Waals surface area contributed by atoms with Gasteiger partial charge in [0, 0.05) is 6.54 Å². The van der Waals surface area contributed by atoms with Crippen molar-refractivity contribution in [2.45, 2.75) is 23.1 Å². The molecule has 1 aromatic heterocycles. The molecule has 0 aliphatic carbocycles. The summed E-state index contributed by atoms with van der Waals surface area (Å²) in [5.41, 5.74) is 0. The molecule has 1 aromatic rings. The van der Waals surface area contributed by atoms with Gasteiger partial charge in [-0.3, -0.25) is 4.79 Å². The molecular weight excluding hydrogens is 364 g/mol. The predicted molar refractivity (Wildman–Crippen MR) is 80.8 cm³/mol. The summed E-state index contributed by atoms with van der Waals surface area (Å²) in [5.74, 6) is 1.97. The molecule has 1 aliphatic heterocycles. The number of thiophene rings is 1. The van der Waals surface area contributed by atoms with Crippen LogP contribution in [0.5, 0.6) is 0 Å². The van der Waals surface area contributed by atoms with Gasteiger partial charge in [0.1, 0.15) is 10.3 Å². The molecule has 8 heteroatoms. The lowest BCUT2D eigenvalue weighted by molar-refractivity contribution is -0.123. The van der Waals surface area contributed by atoms with E-state index < -0.39 is 16.1 Å². The summed E-state index contributed by atoms with van der Waals surface area (Å²) in [6.45, 7) is 0.458. The van der Waals surface area contributed by atoms with Crippen molar-refractivity contribution in [1.82, 2.24) is 9.62 Å². The third-order valence-corrected chi connectivity index (χ3v) is 6.98. The molecule has 1 aliphatic rings. The van der Waals surface area contributed by atoms with Crippen LogP contribution < -0.4 is 5.32 Å².